The number of sulfone groups is 1. The topological polar surface area (TPSA) is 47.0 Å². The standard InChI is InChI=1S/C16H19NO2S2/c1-13(2)16-17-15(11-20-16)12-21(18,19)10-6-9-14-7-4-3-5-8-14/h3-9,11,13H,10,12H2,1-2H3/b9-6+. The van der Waals surface area contributed by atoms with E-state index in [1.54, 1.807) is 6.08 Å². The maximum absolute atomic E-state index is 12.1. The Labute approximate surface area is 130 Å². The molecule has 0 unspecified atom stereocenters. The zero-order valence-corrected chi connectivity index (χ0v) is 13.8. The molecule has 0 N–H and O–H groups in total. The van der Waals surface area contributed by atoms with Crippen LogP contribution in [-0.4, -0.2) is 19.2 Å². The highest BCUT2D eigenvalue weighted by Gasteiger charge is 2.14. The maximum Gasteiger partial charge on any atom is 0.159 e. The molecule has 0 spiro atoms. The van der Waals surface area contributed by atoms with Crippen LogP contribution in [0.15, 0.2) is 41.8 Å². The molecule has 0 bridgehead atoms. The summed E-state index contributed by atoms with van der Waals surface area (Å²) in [6.45, 7) is 4.11. The lowest BCUT2D eigenvalue weighted by Gasteiger charge is -1.99. The van der Waals surface area contributed by atoms with E-state index in [2.05, 4.69) is 18.8 Å². The lowest BCUT2D eigenvalue weighted by molar-refractivity contribution is 0.597. The van der Waals surface area contributed by atoms with Gasteiger partial charge in [0.15, 0.2) is 9.84 Å². The number of rotatable bonds is 6. The molecule has 0 aliphatic carbocycles. The van der Waals surface area contributed by atoms with E-state index in [0.29, 0.717) is 11.6 Å². The second-order valence-corrected chi connectivity index (χ2v) is 8.20. The summed E-state index contributed by atoms with van der Waals surface area (Å²) in [5.41, 5.74) is 1.65. The summed E-state index contributed by atoms with van der Waals surface area (Å²) in [4.78, 5) is 4.38. The van der Waals surface area contributed by atoms with Crippen LogP contribution in [0.25, 0.3) is 6.08 Å². The first kappa shape index (κ1) is 15.9. The monoisotopic (exact) mass is 321 g/mol. The van der Waals surface area contributed by atoms with Crippen LogP contribution in [0.1, 0.15) is 36.0 Å². The Morgan fingerprint density at radius 1 is 1.24 bits per heavy atom. The normalized spacial score (nSPS) is 12.3. The SMILES string of the molecule is CC(C)c1nc(CS(=O)(=O)C/C=C/c2ccccc2)cs1. The van der Waals surface area contributed by atoms with Crippen molar-refractivity contribution in [3.63, 3.8) is 0 Å². The Morgan fingerprint density at radius 3 is 2.57 bits per heavy atom. The van der Waals surface area contributed by atoms with Gasteiger partial charge in [-0.15, -0.1) is 11.3 Å². The van der Waals surface area contributed by atoms with E-state index in [0.717, 1.165) is 10.6 Å². The molecule has 1 aromatic heterocycles. The Bertz CT molecular complexity index is 701. The minimum Gasteiger partial charge on any atom is -0.245 e. The van der Waals surface area contributed by atoms with Gasteiger partial charge in [0.1, 0.15) is 0 Å². The summed E-state index contributed by atoms with van der Waals surface area (Å²) in [5, 5.41) is 2.83. The molecule has 2 rings (SSSR count). The Hall–Kier alpha value is -1.46. The second-order valence-electron chi connectivity index (χ2n) is 5.20. The number of nitrogens with zero attached hydrogens (tertiary/aromatic N) is 1. The van der Waals surface area contributed by atoms with Crippen molar-refractivity contribution in [3.05, 3.63) is 58.1 Å². The van der Waals surface area contributed by atoms with Crippen molar-refractivity contribution < 1.29 is 8.42 Å². The molecule has 3 nitrogen and oxygen atoms in total. The second kappa shape index (κ2) is 7.00. The van der Waals surface area contributed by atoms with Gasteiger partial charge in [-0.2, -0.15) is 0 Å². The summed E-state index contributed by atoms with van der Waals surface area (Å²) >= 11 is 1.53. The van der Waals surface area contributed by atoms with E-state index in [-0.39, 0.29) is 11.5 Å². The van der Waals surface area contributed by atoms with Crippen molar-refractivity contribution in [1.82, 2.24) is 4.98 Å². The van der Waals surface area contributed by atoms with Crippen molar-refractivity contribution in [2.45, 2.75) is 25.5 Å². The van der Waals surface area contributed by atoms with Gasteiger partial charge in [0, 0.05) is 11.3 Å². The van der Waals surface area contributed by atoms with Crippen molar-refractivity contribution in [2.75, 3.05) is 5.75 Å². The Balaban J connectivity index is 1.97. The molecule has 0 radical (unpaired) electrons. The predicted octanol–water partition coefficient (Wildman–Crippen LogP) is 3.89. The van der Waals surface area contributed by atoms with Crippen LogP contribution < -0.4 is 0 Å². The van der Waals surface area contributed by atoms with E-state index in [1.807, 2.05) is 41.8 Å². The number of hydrogen-bond acceptors (Lipinski definition) is 4. The summed E-state index contributed by atoms with van der Waals surface area (Å²) < 4.78 is 24.2. The minimum absolute atomic E-state index is 0.00928. The molecule has 21 heavy (non-hydrogen) atoms. The number of hydrogen-bond donors (Lipinski definition) is 0. The van der Waals surface area contributed by atoms with E-state index in [4.69, 9.17) is 0 Å². The van der Waals surface area contributed by atoms with Crippen LogP contribution in [0.5, 0.6) is 0 Å². The van der Waals surface area contributed by atoms with E-state index >= 15 is 0 Å². The zero-order valence-electron chi connectivity index (χ0n) is 12.2. The molecule has 1 aromatic carbocycles. The fraction of sp³-hybridized carbons (Fsp3) is 0.312. The van der Waals surface area contributed by atoms with E-state index in [9.17, 15) is 8.42 Å². The van der Waals surface area contributed by atoms with Crippen LogP contribution in [0.2, 0.25) is 0 Å². The van der Waals surface area contributed by atoms with Gasteiger partial charge in [0.2, 0.25) is 0 Å². The van der Waals surface area contributed by atoms with Crippen LogP contribution in [0, 0.1) is 0 Å². The zero-order chi connectivity index (χ0) is 15.3. The van der Waals surface area contributed by atoms with E-state index in [1.165, 1.54) is 11.3 Å². The molecule has 1 heterocycles. The third-order valence-corrected chi connectivity index (χ3v) is 5.52. The first-order chi connectivity index (χ1) is 9.96. The molecule has 0 aliphatic rings. The van der Waals surface area contributed by atoms with Crippen LogP contribution >= 0.6 is 11.3 Å². The average Bonchev–Trinajstić information content (AvgIpc) is 2.87. The first-order valence-electron chi connectivity index (χ1n) is 6.82. The van der Waals surface area contributed by atoms with Crippen molar-refractivity contribution in [3.8, 4) is 0 Å². The highest BCUT2D eigenvalue weighted by Crippen LogP contribution is 2.20. The number of thiazole rings is 1. The van der Waals surface area contributed by atoms with Gasteiger partial charge in [0.05, 0.1) is 22.2 Å². The number of benzene rings is 1. The largest absolute Gasteiger partial charge is 0.245 e. The summed E-state index contributed by atoms with van der Waals surface area (Å²) in [6, 6.07) is 9.67. The summed E-state index contributed by atoms with van der Waals surface area (Å²) in [7, 11) is -3.16. The van der Waals surface area contributed by atoms with Gasteiger partial charge >= 0.3 is 0 Å². The summed E-state index contributed by atoms with van der Waals surface area (Å²) in [6.07, 6.45) is 3.53. The molecular formula is C16H19NO2S2. The predicted molar refractivity (Wildman–Crippen MR) is 89.2 cm³/mol. The van der Waals surface area contributed by atoms with Gasteiger partial charge in [0.25, 0.3) is 0 Å². The molecular weight excluding hydrogens is 302 g/mol. The lowest BCUT2D eigenvalue weighted by Crippen LogP contribution is -2.08. The average molecular weight is 321 g/mol. The minimum atomic E-state index is -3.16. The van der Waals surface area contributed by atoms with Crippen LogP contribution in [-0.2, 0) is 15.6 Å². The van der Waals surface area contributed by atoms with Crippen molar-refractivity contribution in [2.24, 2.45) is 0 Å². The fourth-order valence-corrected chi connectivity index (χ4v) is 3.88. The van der Waals surface area contributed by atoms with Crippen molar-refractivity contribution >= 4 is 27.3 Å². The molecule has 0 atom stereocenters. The Morgan fingerprint density at radius 2 is 1.95 bits per heavy atom. The summed E-state index contributed by atoms with van der Waals surface area (Å²) in [5.74, 6) is 0.385. The highest BCUT2D eigenvalue weighted by molar-refractivity contribution is 7.90. The quantitative estimate of drug-likeness (QED) is 0.811. The number of aromatic nitrogens is 1. The molecule has 2 aromatic rings. The lowest BCUT2D eigenvalue weighted by atomic mass is 10.2. The van der Waals surface area contributed by atoms with Gasteiger partial charge in [-0.3, -0.25) is 0 Å². The maximum atomic E-state index is 12.1. The molecule has 0 amide bonds. The molecule has 0 saturated heterocycles. The van der Waals surface area contributed by atoms with E-state index < -0.39 is 9.84 Å². The molecule has 5 heteroatoms. The highest BCUT2D eigenvalue weighted by atomic mass is 32.2. The molecule has 0 fully saturated rings. The molecule has 0 saturated carbocycles. The molecule has 0 aliphatic heterocycles. The third kappa shape index (κ3) is 5.10. The molecule has 112 valence electrons. The Kier molecular flexibility index (Phi) is 5.31. The first-order valence-corrected chi connectivity index (χ1v) is 9.53. The van der Waals surface area contributed by atoms with Gasteiger partial charge < -0.3 is 0 Å². The fourth-order valence-electron chi connectivity index (χ4n) is 1.83. The smallest absolute Gasteiger partial charge is 0.159 e. The van der Waals surface area contributed by atoms with Crippen LogP contribution in [0.3, 0.4) is 0 Å². The van der Waals surface area contributed by atoms with Crippen LogP contribution in [0.4, 0.5) is 0 Å². The third-order valence-electron chi connectivity index (χ3n) is 2.89. The van der Waals surface area contributed by atoms with Gasteiger partial charge in [-0.05, 0) is 5.56 Å². The van der Waals surface area contributed by atoms with Crippen molar-refractivity contribution in [1.29, 1.82) is 0 Å². The van der Waals surface area contributed by atoms with Gasteiger partial charge in [-0.25, -0.2) is 13.4 Å². The van der Waals surface area contributed by atoms with Gasteiger partial charge in [-0.1, -0.05) is 56.3 Å².